The summed E-state index contributed by atoms with van der Waals surface area (Å²) in [7, 11) is 0. The number of rotatable bonds is 2. The first-order valence-electron chi connectivity index (χ1n) is 5.64. The van der Waals surface area contributed by atoms with E-state index < -0.39 is 5.97 Å². The van der Waals surface area contributed by atoms with Gasteiger partial charge in [0.25, 0.3) is 0 Å². The topological polar surface area (TPSA) is 63.3 Å². The number of aromatic carboxylic acids is 1. The van der Waals surface area contributed by atoms with Crippen LogP contribution in [0, 0.1) is 3.57 Å². The Hall–Kier alpha value is -1.60. The molecule has 20 heavy (non-hydrogen) atoms. The Kier molecular flexibility index (Phi) is 3.39. The summed E-state index contributed by atoms with van der Waals surface area (Å²) in [4.78, 5) is 15.3. The van der Waals surface area contributed by atoms with E-state index in [4.69, 9.17) is 21.1 Å². The molecule has 100 valence electrons. The number of carboxylic acids is 1. The summed E-state index contributed by atoms with van der Waals surface area (Å²) in [6.07, 6.45) is 0. The van der Waals surface area contributed by atoms with E-state index >= 15 is 0 Å². The van der Waals surface area contributed by atoms with Crippen LogP contribution in [0.2, 0.25) is 5.02 Å². The van der Waals surface area contributed by atoms with Gasteiger partial charge in [-0.3, -0.25) is 0 Å². The van der Waals surface area contributed by atoms with Crippen molar-refractivity contribution in [3.63, 3.8) is 0 Å². The third-order valence-electron chi connectivity index (χ3n) is 2.79. The van der Waals surface area contributed by atoms with E-state index in [1.165, 1.54) is 12.1 Å². The molecule has 2 aromatic carbocycles. The highest BCUT2D eigenvalue weighted by Gasteiger charge is 2.13. The third-order valence-corrected chi connectivity index (χ3v) is 3.97. The molecule has 0 aliphatic rings. The molecule has 0 amide bonds. The summed E-state index contributed by atoms with van der Waals surface area (Å²) >= 11 is 8.15. The number of carbonyl (C=O) groups is 1. The standard InChI is InChI=1S/C14H7ClINO3/c15-8-2-3-10(16)9(6-8)13-17-11-4-1-7(14(18)19)5-12(11)20-13/h1-6H,(H,18,19). The second-order valence-corrected chi connectivity index (χ2v) is 5.73. The molecule has 1 N–H and O–H groups in total. The summed E-state index contributed by atoms with van der Waals surface area (Å²) in [5.41, 5.74) is 2.00. The molecule has 0 aliphatic heterocycles. The van der Waals surface area contributed by atoms with Crippen LogP contribution in [0.4, 0.5) is 0 Å². The van der Waals surface area contributed by atoms with Gasteiger partial charge in [-0.25, -0.2) is 9.78 Å². The largest absolute Gasteiger partial charge is 0.478 e. The molecule has 0 fully saturated rings. The fourth-order valence-corrected chi connectivity index (χ4v) is 2.57. The minimum atomic E-state index is -0.998. The van der Waals surface area contributed by atoms with E-state index in [0.717, 1.165) is 9.13 Å². The quantitative estimate of drug-likeness (QED) is 0.647. The van der Waals surface area contributed by atoms with E-state index in [0.29, 0.717) is 22.0 Å². The van der Waals surface area contributed by atoms with Crippen LogP contribution in [0.5, 0.6) is 0 Å². The lowest BCUT2D eigenvalue weighted by Gasteiger charge is -1.99. The second-order valence-electron chi connectivity index (χ2n) is 4.13. The molecular weight excluding hydrogens is 393 g/mol. The van der Waals surface area contributed by atoms with Gasteiger partial charge in [-0.15, -0.1) is 0 Å². The van der Waals surface area contributed by atoms with Gasteiger partial charge >= 0.3 is 5.97 Å². The lowest BCUT2D eigenvalue weighted by Crippen LogP contribution is -1.94. The van der Waals surface area contributed by atoms with E-state index in [9.17, 15) is 4.79 Å². The van der Waals surface area contributed by atoms with Crippen molar-refractivity contribution in [1.29, 1.82) is 0 Å². The van der Waals surface area contributed by atoms with Crippen molar-refractivity contribution < 1.29 is 14.3 Å². The Balaban J connectivity index is 2.17. The van der Waals surface area contributed by atoms with Gasteiger partial charge in [0.15, 0.2) is 5.58 Å². The first-order valence-corrected chi connectivity index (χ1v) is 7.09. The van der Waals surface area contributed by atoms with Crippen molar-refractivity contribution in [3.8, 4) is 11.5 Å². The summed E-state index contributed by atoms with van der Waals surface area (Å²) in [5.74, 6) is -0.573. The Morgan fingerprint density at radius 3 is 2.80 bits per heavy atom. The zero-order chi connectivity index (χ0) is 14.3. The Morgan fingerprint density at radius 1 is 1.25 bits per heavy atom. The summed E-state index contributed by atoms with van der Waals surface area (Å²) < 4.78 is 6.60. The molecule has 0 aliphatic carbocycles. The van der Waals surface area contributed by atoms with E-state index in [1.807, 2.05) is 6.07 Å². The molecule has 0 saturated carbocycles. The minimum absolute atomic E-state index is 0.168. The van der Waals surface area contributed by atoms with Crippen LogP contribution in [0.3, 0.4) is 0 Å². The second kappa shape index (κ2) is 5.06. The molecule has 3 aromatic rings. The molecule has 4 nitrogen and oxygen atoms in total. The molecule has 0 atom stereocenters. The lowest BCUT2D eigenvalue weighted by atomic mass is 10.2. The van der Waals surface area contributed by atoms with E-state index in [1.54, 1.807) is 18.2 Å². The highest BCUT2D eigenvalue weighted by Crippen LogP contribution is 2.30. The van der Waals surface area contributed by atoms with Crippen molar-refractivity contribution in [3.05, 3.63) is 50.6 Å². The van der Waals surface area contributed by atoms with Crippen LogP contribution in [-0.4, -0.2) is 16.1 Å². The molecule has 0 spiro atoms. The maximum atomic E-state index is 10.9. The van der Waals surface area contributed by atoms with Gasteiger partial charge in [0.05, 0.1) is 11.1 Å². The fraction of sp³-hybridized carbons (Fsp3) is 0. The number of benzene rings is 2. The van der Waals surface area contributed by atoms with Gasteiger partial charge in [-0.05, 0) is 59.0 Å². The Morgan fingerprint density at radius 2 is 2.05 bits per heavy atom. The normalized spacial score (nSPS) is 10.9. The number of aromatic nitrogens is 1. The average Bonchev–Trinajstić information content (AvgIpc) is 2.83. The molecule has 3 rings (SSSR count). The SMILES string of the molecule is O=C(O)c1ccc2nc(-c3cc(Cl)ccc3I)oc2c1. The van der Waals surface area contributed by atoms with Gasteiger partial charge < -0.3 is 9.52 Å². The predicted octanol–water partition coefficient (Wildman–Crippen LogP) is 4.45. The average molecular weight is 400 g/mol. The molecule has 1 aromatic heterocycles. The maximum absolute atomic E-state index is 10.9. The third kappa shape index (κ3) is 2.38. The van der Waals surface area contributed by atoms with Gasteiger partial charge in [0.2, 0.25) is 5.89 Å². The zero-order valence-electron chi connectivity index (χ0n) is 9.93. The number of fused-ring (bicyclic) bond motifs is 1. The summed E-state index contributed by atoms with van der Waals surface area (Å²) in [5, 5.41) is 9.56. The van der Waals surface area contributed by atoms with Crippen molar-refractivity contribution in [2.45, 2.75) is 0 Å². The number of halogens is 2. The van der Waals surface area contributed by atoms with Crippen LogP contribution >= 0.6 is 34.2 Å². The van der Waals surface area contributed by atoms with Gasteiger partial charge in [-0.2, -0.15) is 0 Å². The van der Waals surface area contributed by atoms with Crippen molar-refractivity contribution >= 4 is 51.3 Å². The van der Waals surface area contributed by atoms with E-state index in [-0.39, 0.29) is 5.56 Å². The molecule has 6 heteroatoms. The van der Waals surface area contributed by atoms with Crippen molar-refractivity contribution in [1.82, 2.24) is 4.98 Å². The number of oxazole rings is 1. The molecule has 0 unspecified atom stereocenters. The fourth-order valence-electron chi connectivity index (χ4n) is 1.83. The number of hydrogen-bond donors (Lipinski definition) is 1. The summed E-state index contributed by atoms with van der Waals surface area (Å²) in [6, 6.07) is 10.0. The molecule has 1 heterocycles. The number of nitrogens with zero attached hydrogens (tertiary/aromatic N) is 1. The first kappa shape index (κ1) is 13.4. The minimum Gasteiger partial charge on any atom is -0.478 e. The van der Waals surface area contributed by atoms with Crippen LogP contribution in [0.25, 0.3) is 22.6 Å². The summed E-state index contributed by atoms with van der Waals surface area (Å²) in [6.45, 7) is 0. The number of hydrogen-bond acceptors (Lipinski definition) is 3. The van der Waals surface area contributed by atoms with Crippen LogP contribution in [0.15, 0.2) is 40.8 Å². The first-order chi connectivity index (χ1) is 9.54. The number of carboxylic acid groups (broad SMARTS) is 1. The molecule has 0 radical (unpaired) electrons. The highest BCUT2D eigenvalue weighted by atomic mass is 127. The maximum Gasteiger partial charge on any atom is 0.335 e. The molecule has 0 saturated heterocycles. The molecular formula is C14H7ClINO3. The monoisotopic (exact) mass is 399 g/mol. The van der Waals surface area contributed by atoms with Crippen LogP contribution < -0.4 is 0 Å². The van der Waals surface area contributed by atoms with Crippen molar-refractivity contribution in [2.24, 2.45) is 0 Å². The van der Waals surface area contributed by atoms with E-state index in [2.05, 4.69) is 27.6 Å². The lowest BCUT2D eigenvalue weighted by molar-refractivity contribution is 0.0697. The van der Waals surface area contributed by atoms with Gasteiger partial charge in [-0.1, -0.05) is 11.6 Å². The Bertz CT molecular complexity index is 828. The van der Waals surface area contributed by atoms with Gasteiger partial charge in [0, 0.05) is 8.59 Å². The van der Waals surface area contributed by atoms with Crippen molar-refractivity contribution in [2.75, 3.05) is 0 Å². The van der Waals surface area contributed by atoms with Crippen LogP contribution in [-0.2, 0) is 0 Å². The van der Waals surface area contributed by atoms with Crippen LogP contribution in [0.1, 0.15) is 10.4 Å². The van der Waals surface area contributed by atoms with Gasteiger partial charge in [0.1, 0.15) is 5.52 Å². The zero-order valence-corrected chi connectivity index (χ0v) is 12.8. The highest BCUT2D eigenvalue weighted by molar-refractivity contribution is 14.1. The predicted molar refractivity (Wildman–Crippen MR) is 84.1 cm³/mol. The smallest absolute Gasteiger partial charge is 0.335 e. The molecule has 0 bridgehead atoms. The Labute approximate surface area is 132 Å².